The third kappa shape index (κ3) is 5.43. The van der Waals surface area contributed by atoms with E-state index in [9.17, 15) is 9.59 Å². The molecule has 1 atom stereocenters. The summed E-state index contributed by atoms with van der Waals surface area (Å²) in [5.74, 6) is 0.478. The average molecular weight is 278 g/mol. The average Bonchev–Trinajstić information content (AvgIpc) is 2.44. The molecule has 1 rings (SSSR count). The molecule has 0 radical (unpaired) electrons. The molecule has 0 spiro atoms. The minimum atomic E-state index is -0.571. The second kappa shape index (κ2) is 8.35. The number of carbonyl (C=O) groups is 2. The van der Waals surface area contributed by atoms with Crippen molar-refractivity contribution in [2.75, 3.05) is 6.61 Å². The van der Waals surface area contributed by atoms with Crippen molar-refractivity contribution in [2.45, 2.75) is 46.1 Å². The molecule has 20 heavy (non-hydrogen) atoms. The van der Waals surface area contributed by atoms with Crippen LogP contribution in [0.1, 0.15) is 39.2 Å². The summed E-state index contributed by atoms with van der Waals surface area (Å²) < 4.78 is 10.6. The Morgan fingerprint density at radius 3 is 2.30 bits per heavy atom. The molecule has 0 aliphatic rings. The molecule has 0 N–H and O–H groups in total. The van der Waals surface area contributed by atoms with Gasteiger partial charge in [-0.2, -0.15) is 0 Å². The fourth-order valence-electron chi connectivity index (χ4n) is 1.75. The number of hydrogen-bond acceptors (Lipinski definition) is 4. The Balaban J connectivity index is 2.59. The highest BCUT2D eigenvalue weighted by atomic mass is 16.6. The Hall–Kier alpha value is -1.84. The van der Waals surface area contributed by atoms with Crippen LogP contribution in [0.3, 0.4) is 0 Å². The van der Waals surface area contributed by atoms with Crippen LogP contribution in [-0.2, 0) is 20.7 Å². The minimum Gasteiger partial charge on any atom is -0.479 e. The van der Waals surface area contributed by atoms with Crippen LogP contribution in [0.2, 0.25) is 0 Å². The van der Waals surface area contributed by atoms with Crippen LogP contribution < -0.4 is 4.74 Å². The van der Waals surface area contributed by atoms with E-state index in [1.807, 2.05) is 31.2 Å². The predicted octanol–water partition coefficient (Wildman–Crippen LogP) is 2.93. The van der Waals surface area contributed by atoms with Crippen LogP contribution in [0, 0.1) is 0 Å². The predicted molar refractivity (Wildman–Crippen MR) is 76.8 cm³/mol. The fraction of sp³-hybridized carbons (Fsp3) is 0.500. The number of aryl methyl sites for hydroxylation is 1. The van der Waals surface area contributed by atoms with Crippen molar-refractivity contribution >= 4 is 11.8 Å². The van der Waals surface area contributed by atoms with Crippen LogP contribution in [0.5, 0.6) is 5.75 Å². The molecule has 0 bridgehead atoms. The van der Waals surface area contributed by atoms with Crippen LogP contribution in [0.25, 0.3) is 0 Å². The number of carbonyl (C=O) groups excluding carboxylic acids is 2. The van der Waals surface area contributed by atoms with Crippen molar-refractivity contribution in [1.29, 1.82) is 0 Å². The van der Waals surface area contributed by atoms with E-state index in [-0.39, 0.29) is 11.8 Å². The van der Waals surface area contributed by atoms with Crippen molar-refractivity contribution in [2.24, 2.45) is 0 Å². The summed E-state index contributed by atoms with van der Waals surface area (Å²) in [5, 5.41) is 0. The molecular weight excluding hydrogens is 256 g/mol. The van der Waals surface area contributed by atoms with Gasteiger partial charge in [-0.05, 0) is 44.4 Å². The maximum Gasteiger partial charge on any atom is 0.347 e. The van der Waals surface area contributed by atoms with E-state index >= 15 is 0 Å². The van der Waals surface area contributed by atoms with Gasteiger partial charge in [0.05, 0.1) is 6.61 Å². The monoisotopic (exact) mass is 278 g/mol. The lowest BCUT2D eigenvalue weighted by molar-refractivity contribution is -0.151. The normalized spacial score (nSPS) is 11.8. The van der Waals surface area contributed by atoms with E-state index in [4.69, 9.17) is 9.47 Å². The quantitative estimate of drug-likeness (QED) is 0.686. The molecule has 0 saturated heterocycles. The molecular formula is C16H22O4. The molecule has 0 heterocycles. The molecule has 0 fully saturated rings. The molecule has 4 nitrogen and oxygen atoms in total. The van der Waals surface area contributed by atoms with E-state index < -0.39 is 6.10 Å². The first-order chi connectivity index (χ1) is 9.56. The van der Waals surface area contributed by atoms with Crippen LogP contribution in [0.4, 0.5) is 0 Å². The molecule has 0 aliphatic carbocycles. The van der Waals surface area contributed by atoms with E-state index in [0.717, 1.165) is 12.0 Å². The molecule has 110 valence electrons. The maximum atomic E-state index is 11.6. The highest BCUT2D eigenvalue weighted by molar-refractivity contribution is 5.75. The first-order valence-corrected chi connectivity index (χ1v) is 6.98. The number of rotatable bonds is 8. The molecule has 0 amide bonds. The zero-order chi connectivity index (χ0) is 15.0. The summed E-state index contributed by atoms with van der Waals surface area (Å²) in [7, 11) is 0. The zero-order valence-corrected chi connectivity index (χ0v) is 12.3. The first kappa shape index (κ1) is 16.2. The Bertz CT molecular complexity index is 436. The molecule has 1 unspecified atom stereocenters. The maximum absolute atomic E-state index is 11.6. The van der Waals surface area contributed by atoms with Gasteiger partial charge in [-0.1, -0.05) is 19.1 Å². The molecule has 0 aliphatic heterocycles. The number of ketones is 1. The zero-order valence-electron chi connectivity index (χ0n) is 12.3. The Morgan fingerprint density at radius 1 is 1.15 bits per heavy atom. The standard InChI is InChI=1S/C16H22O4/c1-4-15(16(18)19-5-2)20-14-10-8-13(9-11-14)7-6-12(3)17/h8-11,15H,4-7H2,1-3H3. The van der Waals surface area contributed by atoms with Gasteiger partial charge in [-0.15, -0.1) is 0 Å². The lowest BCUT2D eigenvalue weighted by Crippen LogP contribution is -2.28. The second-order valence-electron chi connectivity index (χ2n) is 4.61. The van der Waals surface area contributed by atoms with Crippen LogP contribution >= 0.6 is 0 Å². The van der Waals surface area contributed by atoms with Crippen LogP contribution in [0.15, 0.2) is 24.3 Å². The van der Waals surface area contributed by atoms with Crippen molar-refractivity contribution in [3.63, 3.8) is 0 Å². The van der Waals surface area contributed by atoms with Crippen molar-refractivity contribution < 1.29 is 19.1 Å². The summed E-state index contributed by atoms with van der Waals surface area (Å²) in [6.45, 7) is 5.59. The summed E-state index contributed by atoms with van der Waals surface area (Å²) in [5.41, 5.74) is 1.08. The topological polar surface area (TPSA) is 52.6 Å². The Kier molecular flexibility index (Phi) is 6.77. The highest BCUT2D eigenvalue weighted by Gasteiger charge is 2.19. The Labute approximate surface area is 120 Å². The van der Waals surface area contributed by atoms with E-state index in [0.29, 0.717) is 25.2 Å². The van der Waals surface area contributed by atoms with Gasteiger partial charge in [0.2, 0.25) is 0 Å². The van der Waals surface area contributed by atoms with Gasteiger partial charge in [-0.3, -0.25) is 0 Å². The lowest BCUT2D eigenvalue weighted by atomic mass is 10.1. The van der Waals surface area contributed by atoms with E-state index in [1.54, 1.807) is 13.8 Å². The summed E-state index contributed by atoms with van der Waals surface area (Å²) in [6.07, 6.45) is 1.26. The smallest absolute Gasteiger partial charge is 0.347 e. The molecule has 4 heteroatoms. The third-order valence-corrected chi connectivity index (χ3v) is 2.89. The second-order valence-corrected chi connectivity index (χ2v) is 4.61. The summed E-state index contributed by atoms with van der Waals surface area (Å²) in [6, 6.07) is 7.46. The third-order valence-electron chi connectivity index (χ3n) is 2.89. The molecule has 0 aromatic heterocycles. The minimum absolute atomic E-state index is 0.179. The van der Waals surface area contributed by atoms with Gasteiger partial charge < -0.3 is 14.3 Å². The first-order valence-electron chi connectivity index (χ1n) is 6.98. The van der Waals surface area contributed by atoms with Crippen LogP contribution in [-0.4, -0.2) is 24.5 Å². The number of hydrogen-bond donors (Lipinski definition) is 0. The van der Waals surface area contributed by atoms with Gasteiger partial charge >= 0.3 is 5.97 Å². The summed E-state index contributed by atoms with van der Waals surface area (Å²) in [4.78, 5) is 22.6. The van der Waals surface area contributed by atoms with Gasteiger partial charge in [0.25, 0.3) is 0 Å². The molecule has 1 aromatic rings. The van der Waals surface area contributed by atoms with E-state index in [1.165, 1.54) is 0 Å². The largest absolute Gasteiger partial charge is 0.479 e. The fourth-order valence-corrected chi connectivity index (χ4v) is 1.75. The lowest BCUT2D eigenvalue weighted by Gasteiger charge is -2.16. The van der Waals surface area contributed by atoms with Gasteiger partial charge in [0.15, 0.2) is 6.10 Å². The van der Waals surface area contributed by atoms with Gasteiger partial charge in [0, 0.05) is 6.42 Å². The Morgan fingerprint density at radius 2 is 1.80 bits per heavy atom. The van der Waals surface area contributed by atoms with Crippen molar-refractivity contribution in [3.8, 4) is 5.75 Å². The number of ether oxygens (including phenoxy) is 2. The molecule has 0 saturated carbocycles. The number of benzene rings is 1. The van der Waals surface area contributed by atoms with Gasteiger partial charge in [0.1, 0.15) is 11.5 Å². The van der Waals surface area contributed by atoms with Crippen molar-refractivity contribution in [1.82, 2.24) is 0 Å². The number of esters is 1. The van der Waals surface area contributed by atoms with E-state index in [2.05, 4.69) is 0 Å². The summed E-state index contributed by atoms with van der Waals surface area (Å²) >= 11 is 0. The molecule has 1 aromatic carbocycles. The SMILES string of the molecule is CCOC(=O)C(CC)Oc1ccc(CCC(C)=O)cc1. The highest BCUT2D eigenvalue weighted by Crippen LogP contribution is 2.16. The van der Waals surface area contributed by atoms with Crippen molar-refractivity contribution in [3.05, 3.63) is 29.8 Å². The number of Topliss-reactive ketones (excluding diaryl/α,β-unsaturated/α-hetero) is 1. The van der Waals surface area contributed by atoms with Gasteiger partial charge in [-0.25, -0.2) is 4.79 Å².